The number of hydrogen-bond acceptors (Lipinski definition) is 5. The van der Waals surface area contributed by atoms with Crippen LogP contribution in [0.1, 0.15) is 19.5 Å². The van der Waals surface area contributed by atoms with Crippen molar-refractivity contribution in [3.05, 3.63) is 36.3 Å². The highest BCUT2D eigenvalue weighted by molar-refractivity contribution is 5.57. The summed E-state index contributed by atoms with van der Waals surface area (Å²) in [5.74, 6) is -0.211. The van der Waals surface area contributed by atoms with Crippen LogP contribution in [-0.4, -0.2) is 28.0 Å². The number of alkyl halides is 3. The first kappa shape index (κ1) is 17.7. The Balaban J connectivity index is 2.53. The Bertz CT molecular complexity index is 725. The number of nitriles is 1. The second kappa shape index (κ2) is 7.25. The Morgan fingerprint density at radius 1 is 1.25 bits per heavy atom. The molecule has 2 heterocycles. The fourth-order valence-electron chi connectivity index (χ4n) is 2.13. The quantitative estimate of drug-likeness (QED) is 0.836. The molecule has 0 fully saturated rings. The molecule has 8 heteroatoms. The normalized spacial score (nSPS) is 12.5. The summed E-state index contributed by atoms with van der Waals surface area (Å²) in [7, 11) is 0. The molecule has 0 bridgehead atoms. The zero-order valence-electron chi connectivity index (χ0n) is 13.2. The molecular weight excluding hydrogens is 319 g/mol. The zero-order chi connectivity index (χ0) is 17.7. The monoisotopic (exact) mass is 335 g/mol. The predicted octanol–water partition coefficient (Wildman–Crippen LogP) is 3.54. The van der Waals surface area contributed by atoms with Gasteiger partial charge in [-0.25, -0.2) is 9.97 Å². The summed E-state index contributed by atoms with van der Waals surface area (Å²) in [6.07, 6.45) is -1.65. The van der Waals surface area contributed by atoms with E-state index in [1.807, 2.05) is 0 Å². The lowest BCUT2D eigenvalue weighted by molar-refractivity contribution is -0.141. The molecule has 5 nitrogen and oxygen atoms in total. The second-order valence-corrected chi connectivity index (χ2v) is 5.24. The molecule has 0 unspecified atom stereocenters. The van der Waals surface area contributed by atoms with Crippen LogP contribution in [0.15, 0.2) is 30.6 Å². The van der Waals surface area contributed by atoms with Crippen molar-refractivity contribution in [2.24, 2.45) is 5.92 Å². The molecule has 2 rings (SSSR count). The molecular formula is C16H16F3N5. The number of anilines is 1. The summed E-state index contributed by atoms with van der Waals surface area (Å²) >= 11 is 0. The number of nitrogens with zero attached hydrogens (tertiary/aromatic N) is 5. The van der Waals surface area contributed by atoms with E-state index < -0.39 is 11.9 Å². The minimum atomic E-state index is -4.58. The Morgan fingerprint density at radius 2 is 1.92 bits per heavy atom. The van der Waals surface area contributed by atoms with Crippen LogP contribution in [-0.2, 0) is 6.18 Å². The maximum absolute atomic E-state index is 13.2. The Morgan fingerprint density at radius 3 is 2.46 bits per heavy atom. The van der Waals surface area contributed by atoms with Crippen molar-refractivity contribution in [3.8, 4) is 17.5 Å². The first-order valence-electron chi connectivity index (χ1n) is 7.36. The van der Waals surface area contributed by atoms with Crippen LogP contribution in [0.25, 0.3) is 11.4 Å². The van der Waals surface area contributed by atoms with Gasteiger partial charge in [-0.2, -0.15) is 18.4 Å². The number of pyridine rings is 1. The van der Waals surface area contributed by atoms with E-state index in [0.29, 0.717) is 12.1 Å². The molecule has 0 aliphatic carbocycles. The molecule has 0 spiro atoms. The SMILES string of the molecule is CCN(C[C@@H](C)C#N)c1cc(C(F)(F)F)nc(-c2ccncc2)n1. The van der Waals surface area contributed by atoms with Crippen molar-refractivity contribution < 1.29 is 13.2 Å². The topological polar surface area (TPSA) is 65.7 Å². The van der Waals surface area contributed by atoms with E-state index in [1.54, 1.807) is 30.9 Å². The Kier molecular flexibility index (Phi) is 5.34. The number of rotatable bonds is 5. The molecule has 2 aromatic heterocycles. The highest BCUT2D eigenvalue weighted by Crippen LogP contribution is 2.31. The minimum Gasteiger partial charge on any atom is -0.355 e. The van der Waals surface area contributed by atoms with Crippen LogP contribution < -0.4 is 4.90 Å². The minimum absolute atomic E-state index is 0.0229. The number of hydrogen-bond donors (Lipinski definition) is 0. The third-order valence-electron chi connectivity index (χ3n) is 3.36. The first-order valence-corrected chi connectivity index (χ1v) is 7.36. The molecule has 0 saturated heterocycles. The van der Waals surface area contributed by atoms with Gasteiger partial charge in [0.2, 0.25) is 0 Å². The van der Waals surface area contributed by atoms with Gasteiger partial charge in [0.25, 0.3) is 0 Å². The fraction of sp³-hybridized carbons (Fsp3) is 0.375. The highest BCUT2D eigenvalue weighted by Gasteiger charge is 2.34. The number of halogens is 3. The maximum Gasteiger partial charge on any atom is 0.433 e. The Hall–Kier alpha value is -2.69. The summed E-state index contributed by atoms with van der Waals surface area (Å²) in [6.45, 7) is 4.22. The van der Waals surface area contributed by atoms with Gasteiger partial charge in [0.15, 0.2) is 11.5 Å². The van der Waals surface area contributed by atoms with Gasteiger partial charge in [0.05, 0.1) is 12.0 Å². The van der Waals surface area contributed by atoms with Crippen molar-refractivity contribution in [1.82, 2.24) is 15.0 Å². The Labute approximate surface area is 137 Å². The highest BCUT2D eigenvalue weighted by atomic mass is 19.4. The van der Waals surface area contributed by atoms with Crippen molar-refractivity contribution in [2.45, 2.75) is 20.0 Å². The lowest BCUT2D eigenvalue weighted by Gasteiger charge is -2.24. The number of aromatic nitrogens is 3. The van der Waals surface area contributed by atoms with Crippen LogP contribution in [0.2, 0.25) is 0 Å². The van der Waals surface area contributed by atoms with Crippen molar-refractivity contribution in [2.75, 3.05) is 18.0 Å². The van der Waals surface area contributed by atoms with Crippen LogP contribution in [0.5, 0.6) is 0 Å². The first-order chi connectivity index (χ1) is 11.3. The molecule has 0 saturated carbocycles. The van der Waals surface area contributed by atoms with Crippen LogP contribution in [0.4, 0.5) is 19.0 Å². The molecule has 0 aromatic carbocycles. The van der Waals surface area contributed by atoms with Gasteiger partial charge in [-0.05, 0) is 26.0 Å². The lowest BCUT2D eigenvalue weighted by atomic mass is 10.2. The zero-order valence-corrected chi connectivity index (χ0v) is 13.2. The average Bonchev–Trinajstić information content (AvgIpc) is 2.59. The van der Waals surface area contributed by atoms with E-state index >= 15 is 0 Å². The third-order valence-corrected chi connectivity index (χ3v) is 3.36. The largest absolute Gasteiger partial charge is 0.433 e. The van der Waals surface area contributed by atoms with Gasteiger partial charge in [-0.15, -0.1) is 0 Å². The summed E-state index contributed by atoms with van der Waals surface area (Å²) in [5.41, 5.74) is -0.566. The van der Waals surface area contributed by atoms with Gasteiger partial charge >= 0.3 is 6.18 Å². The summed E-state index contributed by atoms with van der Waals surface area (Å²) < 4.78 is 39.6. The van der Waals surface area contributed by atoms with Crippen LogP contribution >= 0.6 is 0 Å². The average molecular weight is 335 g/mol. The van der Waals surface area contributed by atoms with Crippen molar-refractivity contribution in [3.63, 3.8) is 0 Å². The smallest absolute Gasteiger partial charge is 0.355 e. The fourth-order valence-corrected chi connectivity index (χ4v) is 2.13. The molecule has 0 aliphatic heterocycles. The van der Waals surface area contributed by atoms with Crippen molar-refractivity contribution in [1.29, 1.82) is 5.26 Å². The molecule has 0 aliphatic rings. The van der Waals surface area contributed by atoms with E-state index in [-0.39, 0.29) is 24.1 Å². The molecule has 24 heavy (non-hydrogen) atoms. The van der Waals surface area contributed by atoms with E-state index in [2.05, 4.69) is 21.0 Å². The molecule has 1 atom stereocenters. The summed E-state index contributed by atoms with van der Waals surface area (Å²) in [4.78, 5) is 13.4. The molecule has 0 amide bonds. The lowest BCUT2D eigenvalue weighted by Crippen LogP contribution is -2.29. The molecule has 126 valence electrons. The summed E-state index contributed by atoms with van der Waals surface area (Å²) in [5, 5.41) is 8.95. The van der Waals surface area contributed by atoms with Gasteiger partial charge < -0.3 is 4.90 Å². The van der Waals surface area contributed by atoms with E-state index in [4.69, 9.17) is 5.26 Å². The molecule has 0 N–H and O–H groups in total. The van der Waals surface area contributed by atoms with Gasteiger partial charge in [-0.3, -0.25) is 4.98 Å². The molecule has 0 radical (unpaired) electrons. The van der Waals surface area contributed by atoms with Gasteiger partial charge in [0.1, 0.15) is 5.82 Å². The van der Waals surface area contributed by atoms with E-state index in [0.717, 1.165) is 6.07 Å². The predicted molar refractivity (Wildman–Crippen MR) is 82.9 cm³/mol. The van der Waals surface area contributed by atoms with Gasteiger partial charge in [0, 0.05) is 37.1 Å². The third kappa shape index (κ3) is 4.19. The van der Waals surface area contributed by atoms with E-state index in [1.165, 1.54) is 12.4 Å². The standard InChI is InChI=1S/C16H16F3N5/c1-3-24(10-11(2)9-20)14-8-13(16(17,18)19)22-15(23-14)12-4-6-21-7-5-12/h4-8,11H,3,10H2,1-2H3/t11-/m0/s1. The van der Waals surface area contributed by atoms with Crippen LogP contribution in [0.3, 0.4) is 0 Å². The maximum atomic E-state index is 13.2. The van der Waals surface area contributed by atoms with E-state index in [9.17, 15) is 13.2 Å². The second-order valence-electron chi connectivity index (χ2n) is 5.24. The molecule has 2 aromatic rings. The van der Waals surface area contributed by atoms with Gasteiger partial charge in [-0.1, -0.05) is 0 Å². The summed E-state index contributed by atoms with van der Waals surface area (Å²) in [6, 6.07) is 6.09. The van der Waals surface area contributed by atoms with Crippen LogP contribution in [0, 0.1) is 17.2 Å². The van der Waals surface area contributed by atoms with Crippen molar-refractivity contribution >= 4 is 5.82 Å².